The summed E-state index contributed by atoms with van der Waals surface area (Å²) < 4.78 is 5.49. The van der Waals surface area contributed by atoms with Gasteiger partial charge in [-0.25, -0.2) is 0 Å². The fraction of sp³-hybridized carbons (Fsp3) is 1.00. The molecule has 0 N–H and O–H groups in total. The van der Waals surface area contributed by atoms with Crippen molar-refractivity contribution in [1.29, 1.82) is 0 Å². The van der Waals surface area contributed by atoms with Gasteiger partial charge in [-0.3, -0.25) is 0 Å². The third-order valence-corrected chi connectivity index (χ3v) is 5.09. The first-order valence-electron chi connectivity index (χ1n) is 3.57. The van der Waals surface area contributed by atoms with E-state index in [0.717, 1.165) is 6.61 Å². The van der Waals surface area contributed by atoms with Crippen LogP contribution in [0.1, 0.15) is 26.7 Å². The first-order valence-corrected chi connectivity index (χ1v) is 8.04. The number of hydrogen-bond acceptors (Lipinski definition) is 1. The Balaban J connectivity index is 2.88. The SMILES string of the molecule is CCCC[O][Al]([Br])[CH2]C. The molecule has 0 aromatic heterocycles. The highest BCUT2D eigenvalue weighted by atomic mass is 79.9. The Labute approximate surface area is 69.2 Å². The van der Waals surface area contributed by atoms with Crippen LogP contribution in [0.15, 0.2) is 0 Å². The molecule has 0 unspecified atom stereocenters. The topological polar surface area (TPSA) is 9.23 Å². The maximum atomic E-state index is 5.49. The number of halogens is 1. The predicted octanol–water partition coefficient (Wildman–Crippen LogP) is 2.71. The van der Waals surface area contributed by atoms with Crippen molar-refractivity contribution in [3.63, 3.8) is 0 Å². The molecule has 0 rings (SSSR count). The third-order valence-electron chi connectivity index (χ3n) is 1.12. The fourth-order valence-corrected chi connectivity index (χ4v) is 1.69. The van der Waals surface area contributed by atoms with Crippen molar-refractivity contribution >= 4 is 26.7 Å². The monoisotopic (exact) mass is 208 g/mol. The molecule has 0 bridgehead atoms. The minimum absolute atomic E-state index is 0.900. The van der Waals surface area contributed by atoms with Crippen LogP contribution in [0.4, 0.5) is 0 Å². The molecule has 0 atom stereocenters. The van der Waals surface area contributed by atoms with E-state index in [1.807, 2.05) is 0 Å². The van der Waals surface area contributed by atoms with E-state index in [9.17, 15) is 0 Å². The van der Waals surface area contributed by atoms with Crippen molar-refractivity contribution in [2.24, 2.45) is 0 Å². The Kier molecular flexibility index (Phi) is 7.85. The minimum Gasteiger partial charge on any atom is -0.492 e. The fourth-order valence-electron chi connectivity index (χ4n) is 0.473. The first kappa shape index (κ1) is 9.97. The van der Waals surface area contributed by atoms with Gasteiger partial charge in [0, 0.05) is 6.61 Å². The zero-order chi connectivity index (χ0) is 7.11. The summed E-state index contributed by atoms with van der Waals surface area (Å²) in [7, 11) is 0. The standard InChI is InChI=1S/C4H9O.C2H5.Al.BrH/c1-2-3-4-5;1-2;;/h2-4H2,1H3;1H2,2H3;;1H/q-1;;+2;/p-1. The molecular weight excluding hydrogens is 195 g/mol. The van der Waals surface area contributed by atoms with E-state index in [1.165, 1.54) is 18.1 Å². The van der Waals surface area contributed by atoms with Gasteiger partial charge in [-0.15, -0.1) is 0 Å². The van der Waals surface area contributed by atoms with Gasteiger partial charge in [0.05, 0.1) is 0 Å². The molecule has 0 aromatic rings. The van der Waals surface area contributed by atoms with Crippen LogP contribution in [-0.2, 0) is 3.79 Å². The van der Waals surface area contributed by atoms with Crippen molar-refractivity contribution in [1.82, 2.24) is 0 Å². The van der Waals surface area contributed by atoms with Gasteiger partial charge < -0.3 is 3.79 Å². The summed E-state index contributed by atoms with van der Waals surface area (Å²) in [4.78, 5) is 0. The van der Waals surface area contributed by atoms with Crippen LogP contribution in [0, 0.1) is 0 Å². The van der Waals surface area contributed by atoms with Crippen LogP contribution >= 0.6 is 14.1 Å². The quantitative estimate of drug-likeness (QED) is 0.499. The molecule has 0 aromatic carbocycles. The van der Waals surface area contributed by atoms with Crippen molar-refractivity contribution in [2.45, 2.75) is 32.0 Å². The van der Waals surface area contributed by atoms with Crippen LogP contribution in [0.25, 0.3) is 0 Å². The first-order chi connectivity index (χ1) is 4.31. The molecule has 0 fully saturated rings. The summed E-state index contributed by atoms with van der Waals surface area (Å²) in [5.41, 5.74) is 0. The lowest BCUT2D eigenvalue weighted by molar-refractivity contribution is 0.323. The van der Waals surface area contributed by atoms with Crippen LogP contribution in [0.5, 0.6) is 0 Å². The second-order valence-corrected chi connectivity index (χ2v) is 7.08. The maximum absolute atomic E-state index is 5.49. The van der Waals surface area contributed by atoms with E-state index in [0.29, 0.717) is 0 Å². The van der Waals surface area contributed by atoms with Crippen LogP contribution in [-0.4, -0.2) is 19.3 Å². The molecule has 1 nitrogen and oxygen atoms in total. The molecule has 0 heterocycles. The average Bonchev–Trinajstić information content (AvgIpc) is 1.89. The van der Waals surface area contributed by atoms with Crippen LogP contribution < -0.4 is 0 Å². The summed E-state index contributed by atoms with van der Waals surface area (Å²) in [5.74, 6) is 0. The minimum atomic E-state index is -0.900. The summed E-state index contributed by atoms with van der Waals surface area (Å²) in [6.07, 6.45) is 2.44. The van der Waals surface area contributed by atoms with Gasteiger partial charge in [0.15, 0.2) is 0 Å². The van der Waals surface area contributed by atoms with Crippen molar-refractivity contribution < 1.29 is 3.79 Å². The van der Waals surface area contributed by atoms with Crippen molar-refractivity contribution in [2.75, 3.05) is 6.61 Å². The molecule has 0 aliphatic heterocycles. The Morgan fingerprint density at radius 1 is 1.44 bits per heavy atom. The van der Waals surface area contributed by atoms with Gasteiger partial charge in [-0.2, -0.15) is 14.1 Å². The second-order valence-electron chi connectivity index (χ2n) is 2.04. The number of unbranched alkanes of at least 4 members (excludes halogenated alkanes) is 1. The lowest BCUT2D eigenvalue weighted by Gasteiger charge is -2.02. The van der Waals surface area contributed by atoms with Gasteiger partial charge in [-0.1, -0.05) is 25.6 Å². The van der Waals surface area contributed by atoms with Gasteiger partial charge >= 0.3 is 12.7 Å². The Hall–Kier alpha value is 0.972. The van der Waals surface area contributed by atoms with Gasteiger partial charge in [-0.05, 0) is 6.42 Å². The van der Waals surface area contributed by atoms with E-state index in [4.69, 9.17) is 3.79 Å². The Morgan fingerprint density at radius 2 is 2.11 bits per heavy atom. The molecule has 0 saturated heterocycles. The van der Waals surface area contributed by atoms with Crippen LogP contribution in [0.2, 0.25) is 5.28 Å². The molecule has 0 aliphatic carbocycles. The molecule has 0 saturated carbocycles. The molecule has 54 valence electrons. The summed E-state index contributed by atoms with van der Waals surface area (Å²) in [5, 5.41) is 1.18. The predicted molar refractivity (Wildman–Crippen MR) is 46.0 cm³/mol. The lowest BCUT2D eigenvalue weighted by atomic mass is 10.4. The van der Waals surface area contributed by atoms with E-state index < -0.39 is 12.7 Å². The van der Waals surface area contributed by atoms with E-state index in [1.54, 1.807) is 0 Å². The highest BCUT2D eigenvalue weighted by Crippen LogP contribution is 2.02. The Bertz CT molecular complexity index is 61.0. The van der Waals surface area contributed by atoms with Gasteiger partial charge in [0.1, 0.15) is 0 Å². The summed E-state index contributed by atoms with van der Waals surface area (Å²) >= 11 is 2.62. The normalized spacial score (nSPS) is 9.67. The molecule has 0 aliphatic rings. The molecule has 0 spiro atoms. The highest BCUT2D eigenvalue weighted by Gasteiger charge is 2.11. The highest BCUT2D eigenvalue weighted by molar-refractivity contribution is 9.24. The molecule has 3 heteroatoms. The number of rotatable bonds is 5. The average molecular weight is 209 g/mol. The van der Waals surface area contributed by atoms with E-state index >= 15 is 0 Å². The zero-order valence-electron chi connectivity index (χ0n) is 6.19. The zero-order valence-corrected chi connectivity index (χ0v) is 8.93. The van der Waals surface area contributed by atoms with Crippen molar-refractivity contribution in [3.05, 3.63) is 0 Å². The summed E-state index contributed by atoms with van der Waals surface area (Å²) in [6, 6.07) is 0. The molecule has 0 amide bonds. The van der Waals surface area contributed by atoms with Gasteiger partial charge in [0.25, 0.3) is 0 Å². The molecular formula is C6H14AlBrO. The van der Waals surface area contributed by atoms with E-state index in [-0.39, 0.29) is 0 Å². The number of hydrogen-bond donors (Lipinski definition) is 0. The molecule has 9 heavy (non-hydrogen) atoms. The lowest BCUT2D eigenvalue weighted by Crippen LogP contribution is -2.08. The summed E-state index contributed by atoms with van der Waals surface area (Å²) in [6.45, 7) is 5.30. The van der Waals surface area contributed by atoms with E-state index in [2.05, 4.69) is 27.9 Å². The van der Waals surface area contributed by atoms with Crippen LogP contribution in [0.3, 0.4) is 0 Å². The van der Waals surface area contributed by atoms with Crippen molar-refractivity contribution in [3.8, 4) is 0 Å². The smallest absolute Gasteiger partial charge is 0.492 e. The maximum Gasteiger partial charge on any atom is 0.556 e. The second kappa shape index (κ2) is 7.08. The largest absolute Gasteiger partial charge is 0.556 e. The third kappa shape index (κ3) is 6.86. The Morgan fingerprint density at radius 3 is 2.56 bits per heavy atom. The molecule has 0 radical (unpaired) electrons. The van der Waals surface area contributed by atoms with Gasteiger partial charge in [0.2, 0.25) is 0 Å².